The van der Waals surface area contributed by atoms with Gasteiger partial charge in [-0.2, -0.15) is 11.8 Å². The van der Waals surface area contributed by atoms with Crippen molar-refractivity contribution in [3.05, 3.63) is 34.4 Å². The third kappa shape index (κ3) is 5.52. The van der Waals surface area contributed by atoms with Gasteiger partial charge in [0.25, 0.3) is 5.69 Å². The molecule has 0 bridgehead atoms. The highest BCUT2D eigenvalue weighted by molar-refractivity contribution is 14.0. The molecule has 1 aromatic rings. The zero-order valence-electron chi connectivity index (χ0n) is 12.1. The maximum Gasteiger partial charge on any atom is 0.292 e. The van der Waals surface area contributed by atoms with E-state index < -0.39 is 4.92 Å². The Kier molecular flexibility index (Phi) is 8.31. The van der Waals surface area contributed by atoms with Gasteiger partial charge in [0, 0.05) is 37.2 Å². The second-order valence-corrected chi connectivity index (χ2v) is 5.77. The number of thioether (sulfide) groups is 1. The highest BCUT2D eigenvalue weighted by atomic mass is 127. The summed E-state index contributed by atoms with van der Waals surface area (Å²) >= 11 is 1.92. The lowest BCUT2D eigenvalue weighted by Crippen LogP contribution is -2.42. The van der Waals surface area contributed by atoms with Gasteiger partial charge in [0.2, 0.25) is 0 Å². The van der Waals surface area contributed by atoms with Crippen molar-refractivity contribution in [1.29, 1.82) is 0 Å². The van der Waals surface area contributed by atoms with E-state index >= 15 is 0 Å². The van der Waals surface area contributed by atoms with Gasteiger partial charge >= 0.3 is 0 Å². The van der Waals surface area contributed by atoms with E-state index in [-0.39, 0.29) is 29.7 Å². The predicted molar refractivity (Wildman–Crippen MR) is 102 cm³/mol. The number of nitro groups is 1. The van der Waals surface area contributed by atoms with Crippen LogP contribution in [0.4, 0.5) is 11.4 Å². The van der Waals surface area contributed by atoms with Gasteiger partial charge in [0.05, 0.1) is 11.5 Å². The minimum Gasteiger partial charge on any atom is -0.378 e. The summed E-state index contributed by atoms with van der Waals surface area (Å²) in [6.45, 7) is 2.85. The molecule has 0 radical (unpaired) electrons. The first kappa shape index (κ1) is 18.8. The van der Waals surface area contributed by atoms with E-state index in [1.165, 1.54) is 6.07 Å². The number of nitrogens with zero attached hydrogens (tertiary/aromatic N) is 3. The molecule has 122 valence electrons. The van der Waals surface area contributed by atoms with Gasteiger partial charge in [-0.1, -0.05) is 12.1 Å². The van der Waals surface area contributed by atoms with E-state index in [2.05, 4.69) is 15.2 Å². The van der Waals surface area contributed by atoms with E-state index in [1.54, 1.807) is 18.2 Å². The number of halogens is 1. The van der Waals surface area contributed by atoms with Gasteiger partial charge < -0.3 is 16.0 Å². The number of hydrogen-bond acceptors (Lipinski definition) is 5. The Hall–Kier alpha value is -1.23. The summed E-state index contributed by atoms with van der Waals surface area (Å²) in [4.78, 5) is 16.9. The summed E-state index contributed by atoms with van der Waals surface area (Å²) in [7, 11) is 0. The van der Waals surface area contributed by atoms with Crippen LogP contribution in [0.15, 0.2) is 29.3 Å². The van der Waals surface area contributed by atoms with Crippen molar-refractivity contribution < 1.29 is 4.92 Å². The fraction of sp³-hybridized carbons (Fsp3) is 0.462. The molecule has 1 aliphatic rings. The first-order chi connectivity index (χ1) is 10.2. The molecule has 0 unspecified atom stereocenters. The van der Waals surface area contributed by atoms with Crippen LogP contribution in [0.1, 0.15) is 0 Å². The number of anilines is 1. The smallest absolute Gasteiger partial charge is 0.292 e. The van der Waals surface area contributed by atoms with E-state index in [0.717, 1.165) is 24.6 Å². The van der Waals surface area contributed by atoms with Gasteiger partial charge in [-0.25, -0.2) is 0 Å². The van der Waals surface area contributed by atoms with Gasteiger partial charge in [-0.05, 0) is 6.07 Å². The molecule has 3 N–H and O–H groups in total. The Morgan fingerprint density at radius 2 is 2.09 bits per heavy atom. The van der Waals surface area contributed by atoms with Crippen LogP contribution in [0.25, 0.3) is 0 Å². The number of benzene rings is 1. The zero-order valence-corrected chi connectivity index (χ0v) is 15.3. The van der Waals surface area contributed by atoms with Crippen LogP contribution in [0, 0.1) is 10.1 Å². The average Bonchev–Trinajstić information content (AvgIpc) is 2.52. The summed E-state index contributed by atoms with van der Waals surface area (Å²) in [6.07, 6.45) is 0. The maximum atomic E-state index is 10.9. The molecule has 0 aromatic heterocycles. The lowest BCUT2D eigenvalue weighted by atomic mass is 10.2. The number of nitro benzene ring substituents is 1. The number of rotatable bonds is 5. The zero-order chi connectivity index (χ0) is 15.1. The summed E-state index contributed by atoms with van der Waals surface area (Å²) < 4.78 is 0. The number of nitrogens with two attached hydrogens (primary N) is 1. The SMILES string of the molecule is I.NC(=NCCNc1ccccc1[N+](=O)[O-])N1CCSCC1. The first-order valence-electron chi connectivity index (χ1n) is 6.78. The van der Waals surface area contributed by atoms with Gasteiger partial charge in [-0.15, -0.1) is 24.0 Å². The molecule has 1 aromatic carbocycles. The minimum absolute atomic E-state index is 0. The topological polar surface area (TPSA) is 96.8 Å². The fourth-order valence-corrected chi connectivity index (χ4v) is 2.94. The first-order valence-corrected chi connectivity index (χ1v) is 7.94. The quantitative estimate of drug-likeness (QED) is 0.183. The third-order valence-corrected chi connectivity index (χ3v) is 4.08. The average molecular weight is 437 g/mol. The van der Waals surface area contributed by atoms with Crippen molar-refractivity contribution in [2.45, 2.75) is 0 Å². The molecule has 1 heterocycles. The molecule has 22 heavy (non-hydrogen) atoms. The summed E-state index contributed by atoms with van der Waals surface area (Å²) in [5.74, 6) is 2.70. The van der Waals surface area contributed by atoms with Crippen molar-refractivity contribution in [3.63, 3.8) is 0 Å². The van der Waals surface area contributed by atoms with E-state index in [1.807, 2.05) is 11.8 Å². The lowest BCUT2D eigenvalue weighted by molar-refractivity contribution is -0.384. The molecule has 1 saturated heterocycles. The Morgan fingerprint density at radius 3 is 2.77 bits per heavy atom. The normalized spacial score (nSPS) is 15.1. The van der Waals surface area contributed by atoms with Gasteiger partial charge in [-0.3, -0.25) is 15.1 Å². The lowest BCUT2D eigenvalue weighted by Gasteiger charge is -2.27. The van der Waals surface area contributed by atoms with Crippen molar-refractivity contribution in [1.82, 2.24) is 4.90 Å². The van der Waals surface area contributed by atoms with Gasteiger partial charge in [0.15, 0.2) is 5.96 Å². The number of guanidine groups is 1. The van der Waals surface area contributed by atoms with Gasteiger partial charge in [0.1, 0.15) is 5.69 Å². The predicted octanol–water partition coefficient (Wildman–Crippen LogP) is 1.99. The summed E-state index contributed by atoms with van der Waals surface area (Å²) in [5.41, 5.74) is 6.51. The van der Waals surface area contributed by atoms with Crippen LogP contribution in [0.3, 0.4) is 0 Å². The monoisotopic (exact) mass is 437 g/mol. The molecule has 0 amide bonds. The minimum atomic E-state index is -0.397. The number of nitrogens with one attached hydrogen (secondary N) is 1. The molecule has 2 rings (SSSR count). The molecule has 7 nitrogen and oxygen atoms in total. The van der Waals surface area contributed by atoms with E-state index in [9.17, 15) is 10.1 Å². The number of para-hydroxylation sites is 2. The molecule has 0 aliphatic carbocycles. The molecular formula is C13H20IN5O2S. The van der Waals surface area contributed by atoms with Crippen LogP contribution in [0.5, 0.6) is 0 Å². The van der Waals surface area contributed by atoms with Crippen LogP contribution < -0.4 is 11.1 Å². The largest absolute Gasteiger partial charge is 0.378 e. The highest BCUT2D eigenvalue weighted by Crippen LogP contribution is 2.22. The maximum absolute atomic E-state index is 10.9. The molecule has 1 aliphatic heterocycles. The van der Waals surface area contributed by atoms with Crippen molar-refractivity contribution in [3.8, 4) is 0 Å². The van der Waals surface area contributed by atoms with Crippen LogP contribution >= 0.6 is 35.7 Å². The molecular weight excluding hydrogens is 417 g/mol. The Balaban J connectivity index is 0.00000242. The standard InChI is InChI=1S/C13H19N5O2S.HI/c14-13(17-7-9-21-10-8-17)16-6-5-15-11-3-1-2-4-12(11)18(19)20;/h1-4,15H,5-10H2,(H2,14,16);1H. The molecule has 0 saturated carbocycles. The second-order valence-electron chi connectivity index (χ2n) is 4.54. The Morgan fingerprint density at radius 1 is 1.41 bits per heavy atom. The van der Waals surface area contributed by atoms with Crippen LogP contribution in [-0.4, -0.2) is 53.5 Å². The molecule has 0 atom stereocenters. The summed E-state index contributed by atoms with van der Waals surface area (Å²) in [6, 6.07) is 6.57. The summed E-state index contributed by atoms with van der Waals surface area (Å²) in [5, 5.41) is 13.9. The number of aliphatic imine (C=N–C) groups is 1. The van der Waals surface area contributed by atoms with E-state index in [4.69, 9.17) is 5.73 Å². The second kappa shape index (κ2) is 9.72. The van der Waals surface area contributed by atoms with Crippen LogP contribution in [0.2, 0.25) is 0 Å². The van der Waals surface area contributed by atoms with Crippen molar-refractivity contribution in [2.75, 3.05) is 43.0 Å². The third-order valence-electron chi connectivity index (χ3n) is 3.14. The Bertz CT molecular complexity index is 523. The molecule has 0 spiro atoms. The molecule has 9 heteroatoms. The fourth-order valence-electron chi connectivity index (χ4n) is 2.04. The van der Waals surface area contributed by atoms with Crippen molar-refractivity contribution >= 4 is 53.1 Å². The Labute approximate surface area is 150 Å². The highest BCUT2D eigenvalue weighted by Gasteiger charge is 2.13. The van der Waals surface area contributed by atoms with Crippen molar-refractivity contribution in [2.24, 2.45) is 10.7 Å². The van der Waals surface area contributed by atoms with E-state index in [0.29, 0.717) is 24.7 Å². The number of hydrogen-bond donors (Lipinski definition) is 2. The van der Waals surface area contributed by atoms with Crippen LogP contribution in [-0.2, 0) is 0 Å². The molecule has 1 fully saturated rings.